The Morgan fingerprint density at radius 1 is 1.10 bits per heavy atom. The number of thiophene rings is 2. The van der Waals surface area contributed by atoms with Crippen LogP contribution >= 0.6 is 22.7 Å². The molecule has 0 unspecified atom stereocenters. The third-order valence-corrected chi connectivity index (χ3v) is 6.50. The number of hydrogen-bond donors (Lipinski definition) is 0. The molecule has 0 aromatic carbocycles. The molecule has 0 atom stereocenters. The minimum atomic E-state index is -0.210. The smallest absolute Gasteiger partial charge is 0.140 e. The summed E-state index contributed by atoms with van der Waals surface area (Å²) < 4.78 is 6.24. The monoisotopic (exact) mass is 322 g/mol. The van der Waals surface area contributed by atoms with Crippen molar-refractivity contribution in [3.8, 4) is 15.5 Å². The molecule has 0 aliphatic carbocycles. The highest BCUT2D eigenvalue weighted by Gasteiger charge is 2.36. The van der Waals surface area contributed by atoms with E-state index in [1.165, 1.54) is 25.1 Å². The first-order chi connectivity index (χ1) is 9.92. The van der Waals surface area contributed by atoms with Crippen LogP contribution in [-0.4, -0.2) is 0 Å². The van der Waals surface area contributed by atoms with E-state index in [0.29, 0.717) is 5.92 Å². The lowest BCUT2D eigenvalue weighted by molar-refractivity contribution is 0.107. The highest BCUT2D eigenvalue weighted by molar-refractivity contribution is 7.22. The van der Waals surface area contributed by atoms with E-state index in [0.717, 1.165) is 12.2 Å². The Kier molecular flexibility index (Phi) is 4.84. The Hall–Kier alpha value is -0.800. The third kappa shape index (κ3) is 2.91. The van der Waals surface area contributed by atoms with Crippen molar-refractivity contribution in [1.82, 2.24) is 0 Å². The molecular weight excluding hydrogens is 296 g/mol. The second kappa shape index (κ2) is 6.13. The van der Waals surface area contributed by atoms with E-state index in [2.05, 4.69) is 46.8 Å². The van der Waals surface area contributed by atoms with Crippen molar-refractivity contribution in [2.45, 2.75) is 66.4 Å². The van der Waals surface area contributed by atoms with Crippen LogP contribution in [-0.2, 0) is 12.0 Å². The summed E-state index contributed by atoms with van der Waals surface area (Å²) in [6.45, 7) is 15.1. The van der Waals surface area contributed by atoms with Crippen LogP contribution in [0.5, 0.6) is 5.75 Å². The average Bonchev–Trinajstić information content (AvgIpc) is 3.04. The molecule has 3 rings (SSSR count). The molecule has 116 valence electrons. The van der Waals surface area contributed by atoms with Crippen LogP contribution < -0.4 is 4.74 Å². The van der Waals surface area contributed by atoms with Crippen molar-refractivity contribution in [3.05, 3.63) is 27.5 Å². The number of ether oxygens (including phenoxy) is 1. The van der Waals surface area contributed by atoms with Gasteiger partial charge < -0.3 is 4.74 Å². The summed E-state index contributed by atoms with van der Waals surface area (Å²) in [4.78, 5) is 5.64. The first-order valence-corrected chi connectivity index (χ1v) is 9.52. The summed E-state index contributed by atoms with van der Waals surface area (Å²) in [7, 11) is 0. The van der Waals surface area contributed by atoms with Crippen LogP contribution in [0.15, 0.2) is 12.1 Å². The summed E-state index contributed by atoms with van der Waals surface area (Å²) in [5.74, 6) is 1.66. The zero-order valence-electron chi connectivity index (χ0n) is 14.2. The van der Waals surface area contributed by atoms with Gasteiger partial charge in [-0.3, -0.25) is 0 Å². The van der Waals surface area contributed by atoms with Gasteiger partial charge in [-0.15, -0.1) is 22.7 Å². The molecule has 0 amide bonds. The molecule has 0 radical (unpaired) electrons. The van der Waals surface area contributed by atoms with Crippen molar-refractivity contribution in [2.24, 2.45) is 0 Å². The highest BCUT2D eigenvalue weighted by Crippen LogP contribution is 2.53. The van der Waals surface area contributed by atoms with Crippen LogP contribution in [0.2, 0.25) is 0 Å². The molecule has 0 saturated heterocycles. The molecule has 1 aliphatic heterocycles. The standard InChI is InChI=1S/C16H20OS2.C2H6/c1-6-10-7-12-15(18-10)14-11(16(4,5)17-12)8-13(19-14)9(2)3;1-2/h7-9H,6H2,1-5H3;1-2H3. The maximum Gasteiger partial charge on any atom is 0.140 e. The number of hydrogen-bond acceptors (Lipinski definition) is 3. The van der Waals surface area contributed by atoms with Gasteiger partial charge in [0.1, 0.15) is 11.4 Å². The van der Waals surface area contributed by atoms with E-state index in [-0.39, 0.29) is 5.60 Å². The van der Waals surface area contributed by atoms with Gasteiger partial charge in [0.05, 0.1) is 9.75 Å². The minimum absolute atomic E-state index is 0.210. The topological polar surface area (TPSA) is 9.23 Å². The number of fused-ring (bicyclic) bond motifs is 3. The van der Waals surface area contributed by atoms with Crippen LogP contribution in [0.3, 0.4) is 0 Å². The molecule has 0 N–H and O–H groups in total. The lowest BCUT2D eigenvalue weighted by Crippen LogP contribution is -2.27. The van der Waals surface area contributed by atoms with Gasteiger partial charge in [0.15, 0.2) is 0 Å². The largest absolute Gasteiger partial charge is 0.482 e. The van der Waals surface area contributed by atoms with Crippen LogP contribution in [0.25, 0.3) is 9.75 Å². The molecule has 1 aliphatic rings. The Morgan fingerprint density at radius 3 is 2.33 bits per heavy atom. The Morgan fingerprint density at radius 2 is 1.76 bits per heavy atom. The fourth-order valence-electron chi connectivity index (χ4n) is 2.47. The van der Waals surface area contributed by atoms with Gasteiger partial charge in [-0.25, -0.2) is 0 Å². The summed E-state index contributed by atoms with van der Waals surface area (Å²) >= 11 is 3.83. The number of rotatable bonds is 2. The third-order valence-electron chi connectivity index (χ3n) is 3.64. The van der Waals surface area contributed by atoms with Crippen molar-refractivity contribution in [2.75, 3.05) is 0 Å². The fraction of sp³-hybridized carbons (Fsp3) is 0.556. The molecule has 0 fully saturated rings. The van der Waals surface area contributed by atoms with E-state index in [1.807, 2.05) is 36.5 Å². The highest BCUT2D eigenvalue weighted by atomic mass is 32.1. The molecule has 1 nitrogen and oxygen atoms in total. The van der Waals surface area contributed by atoms with Gasteiger partial charge in [0, 0.05) is 15.3 Å². The second-order valence-electron chi connectivity index (χ2n) is 5.92. The number of aryl methyl sites for hydroxylation is 1. The molecule has 21 heavy (non-hydrogen) atoms. The van der Waals surface area contributed by atoms with E-state index in [9.17, 15) is 0 Å². The van der Waals surface area contributed by atoms with Crippen molar-refractivity contribution < 1.29 is 4.74 Å². The van der Waals surface area contributed by atoms with E-state index >= 15 is 0 Å². The van der Waals surface area contributed by atoms with Gasteiger partial charge in [-0.2, -0.15) is 0 Å². The molecule has 0 bridgehead atoms. The van der Waals surface area contributed by atoms with Crippen LogP contribution in [0, 0.1) is 0 Å². The van der Waals surface area contributed by atoms with Gasteiger partial charge in [-0.1, -0.05) is 34.6 Å². The lowest BCUT2D eigenvalue weighted by atomic mass is 9.94. The normalized spacial score (nSPS) is 14.9. The molecule has 2 aromatic heterocycles. The quantitative estimate of drug-likeness (QED) is 0.589. The first-order valence-electron chi connectivity index (χ1n) is 7.88. The van der Waals surface area contributed by atoms with Crippen LogP contribution in [0.4, 0.5) is 0 Å². The molecular formula is C18H26OS2. The summed E-state index contributed by atoms with van der Waals surface area (Å²) in [6, 6.07) is 4.57. The Labute approximate surface area is 137 Å². The van der Waals surface area contributed by atoms with Crippen molar-refractivity contribution >= 4 is 22.7 Å². The van der Waals surface area contributed by atoms with Crippen molar-refractivity contribution in [1.29, 1.82) is 0 Å². The average molecular weight is 323 g/mol. The van der Waals surface area contributed by atoms with Crippen LogP contribution in [0.1, 0.15) is 69.7 Å². The summed E-state index contributed by atoms with van der Waals surface area (Å²) in [5.41, 5.74) is 1.15. The minimum Gasteiger partial charge on any atom is -0.482 e. The zero-order chi connectivity index (χ0) is 15.8. The molecule has 3 heteroatoms. The molecule has 3 heterocycles. The Bertz CT molecular complexity index is 617. The molecule has 0 saturated carbocycles. The van der Waals surface area contributed by atoms with Gasteiger partial charge in [0.2, 0.25) is 0 Å². The van der Waals surface area contributed by atoms with E-state index < -0.39 is 0 Å². The van der Waals surface area contributed by atoms with E-state index in [4.69, 9.17) is 4.74 Å². The molecule has 0 spiro atoms. The second-order valence-corrected chi connectivity index (χ2v) is 8.14. The molecule has 2 aromatic rings. The van der Waals surface area contributed by atoms with Gasteiger partial charge in [-0.05, 0) is 38.3 Å². The predicted molar refractivity (Wildman–Crippen MR) is 96.1 cm³/mol. The predicted octanol–water partition coefficient (Wildman–Crippen LogP) is 6.82. The van der Waals surface area contributed by atoms with E-state index in [1.54, 1.807) is 0 Å². The summed E-state index contributed by atoms with van der Waals surface area (Å²) in [5, 5.41) is 0. The SMILES string of the molecule is CC.CCc1cc2c(s1)-c1sc(C(C)C)cc1C(C)(C)O2. The van der Waals surface area contributed by atoms with Crippen molar-refractivity contribution in [3.63, 3.8) is 0 Å². The van der Waals surface area contributed by atoms with Gasteiger partial charge in [0.25, 0.3) is 0 Å². The van der Waals surface area contributed by atoms with Gasteiger partial charge >= 0.3 is 0 Å². The summed E-state index contributed by atoms with van der Waals surface area (Å²) in [6.07, 6.45) is 1.08. The first kappa shape index (κ1) is 16.6. The zero-order valence-corrected chi connectivity index (χ0v) is 15.8. The Balaban J connectivity index is 0.000000774. The fourth-order valence-corrected chi connectivity index (χ4v) is 4.95. The maximum absolute atomic E-state index is 6.24. The maximum atomic E-state index is 6.24. The lowest BCUT2D eigenvalue weighted by Gasteiger charge is -2.31.